The highest BCUT2D eigenvalue weighted by Gasteiger charge is 2.05. The van der Waals surface area contributed by atoms with Gasteiger partial charge in [0, 0.05) is 11.2 Å². The van der Waals surface area contributed by atoms with Crippen molar-refractivity contribution in [2.75, 3.05) is 0 Å². The van der Waals surface area contributed by atoms with Crippen LogP contribution in [-0.2, 0) is 0 Å². The van der Waals surface area contributed by atoms with E-state index < -0.39 is 0 Å². The second kappa shape index (κ2) is 2.88. The molecule has 1 aromatic carbocycles. The maximum absolute atomic E-state index is 3.43. The van der Waals surface area contributed by atoms with Crippen LogP contribution in [-0.4, -0.2) is 4.98 Å². The summed E-state index contributed by atoms with van der Waals surface area (Å²) in [5.41, 5.74) is 3.84. The van der Waals surface area contributed by atoms with Crippen LogP contribution in [0.15, 0.2) is 48.6 Å². The monoisotopic (exact) mass is 181 g/mol. The minimum Gasteiger partial charge on any atom is -0.355 e. The molecule has 14 heavy (non-hydrogen) atoms. The normalized spacial score (nSPS) is 15.0. The van der Waals surface area contributed by atoms with Gasteiger partial charge in [-0.15, -0.1) is 0 Å². The maximum Gasteiger partial charge on any atom is 0.0458 e. The molecule has 1 aromatic heterocycles. The molecule has 68 valence electrons. The number of aromatic nitrogens is 1. The summed E-state index contributed by atoms with van der Waals surface area (Å²) >= 11 is 0. The molecule has 0 saturated carbocycles. The molecular formula is C13H11N. The molecule has 0 fully saturated rings. The Kier molecular flexibility index (Phi) is 1.57. The molecule has 2 aromatic rings. The van der Waals surface area contributed by atoms with E-state index in [0.717, 1.165) is 6.42 Å². The molecule has 1 heterocycles. The predicted molar refractivity (Wildman–Crippen MR) is 60.0 cm³/mol. The first-order valence-electron chi connectivity index (χ1n) is 4.87. The summed E-state index contributed by atoms with van der Waals surface area (Å²) in [7, 11) is 0. The number of nitrogens with one attached hydrogen (secondary N) is 1. The maximum atomic E-state index is 3.43. The average molecular weight is 181 g/mol. The van der Waals surface area contributed by atoms with Crippen LogP contribution in [0, 0.1) is 0 Å². The van der Waals surface area contributed by atoms with Crippen molar-refractivity contribution < 1.29 is 0 Å². The van der Waals surface area contributed by atoms with E-state index in [-0.39, 0.29) is 0 Å². The third kappa shape index (κ3) is 1.10. The molecule has 0 saturated heterocycles. The zero-order chi connectivity index (χ0) is 9.38. The average Bonchev–Trinajstić information content (AvgIpc) is 2.86. The Labute approximate surface area is 82.8 Å². The van der Waals surface area contributed by atoms with Crippen LogP contribution in [0.1, 0.15) is 12.1 Å². The van der Waals surface area contributed by atoms with Gasteiger partial charge in [-0.25, -0.2) is 0 Å². The minimum atomic E-state index is 1.05. The SMILES string of the molecule is C1=CCC(c2cc3ccccc3[nH]2)=C1. The van der Waals surface area contributed by atoms with Crippen molar-refractivity contribution in [1.82, 2.24) is 4.98 Å². The van der Waals surface area contributed by atoms with Gasteiger partial charge in [0.05, 0.1) is 0 Å². The quantitative estimate of drug-likeness (QED) is 0.693. The molecule has 0 radical (unpaired) electrons. The topological polar surface area (TPSA) is 15.8 Å². The Morgan fingerprint density at radius 1 is 1.14 bits per heavy atom. The molecule has 1 heteroatoms. The second-order valence-corrected chi connectivity index (χ2v) is 3.59. The highest BCUT2D eigenvalue weighted by molar-refractivity contribution is 5.85. The first-order chi connectivity index (χ1) is 6.93. The lowest BCUT2D eigenvalue weighted by Crippen LogP contribution is -1.78. The van der Waals surface area contributed by atoms with E-state index in [9.17, 15) is 0 Å². The highest BCUT2D eigenvalue weighted by atomic mass is 14.7. The molecule has 0 bridgehead atoms. The number of rotatable bonds is 1. The Bertz CT molecular complexity index is 496. The van der Waals surface area contributed by atoms with Crippen LogP contribution in [0.25, 0.3) is 16.5 Å². The number of para-hydroxylation sites is 1. The van der Waals surface area contributed by atoms with Crippen LogP contribution in [0.2, 0.25) is 0 Å². The van der Waals surface area contributed by atoms with Gasteiger partial charge in [-0.05, 0) is 29.5 Å². The number of fused-ring (bicyclic) bond motifs is 1. The van der Waals surface area contributed by atoms with Crippen LogP contribution >= 0.6 is 0 Å². The zero-order valence-corrected chi connectivity index (χ0v) is 7.83. The van der Waals surface area contributed by atoms with Gasteiger partial charge in [-0.3, -0.25) is 0 Å². The van der Waals surface area contributed by atoms with Crippen LogP contribution in [0.5, 0.6) is 0 Å². The second-order valence-electron chi connectivity index (χ2n) is 3.59. The van der Waals surface area contributed by atoms with Gasteiger partial charge in [0.25, 0.3) is 0 Å². The number of aromatic amines is 1. The summed E-state index contributed by atoms with van der Waals surface area (Å²) in [6, 6.07) is 10.6. The predicted octanol–water partition coefficient (Wildman–Crippen LogP) is 3.51. The van der Waals surface area contributed by atoms with Gasteiger partial charge in [-0.2, -0.15) is 0 Å². The summed E-state index contributed by atoms with van der Waals surface area (Å²) in [5, 5.41) is 1.29. The van der Waals surface area contributed by atoms with Crippen molar-refractivity contribution >= 4 is 16.5 Å². The van der Waals surface area contributed by atoms with E-state index in [2.05, 4.69) is 53.5 Å². The summed E-state index contributed by atoms with van der Waals surface area (Å²) < 4.78 is 0. The standard InChI is InChI=1S/C13H11N/c1-2-6-10(5-1)13-9-11-7-3-4-8-12(11)14-13/h1-5,7-9,14H,6H2. The fourth-order valence-electron chi connectivity index (χ4n) is 1.89. The van der Waals surface area contributed by atoms with Crippen molar-refractivity contribution in [3.8, 4) is 0 Å². The van der Waals surface area contributed by atoms with Crippen molar-refractivity contribution in [2.45, 2.75) is 6.42 Å². The molecule has 1 aliphatic carbocycles. The van der Waals surface area contributed by atoms with E-state index in [1.54, 1.807) is 0 Å². The first kappa shape index (κ1) is 7.63. The highest BCUT2D eigenvalue weighted by Crippen LogP contribution is 2.25. The van der Waals surface area contributed by atoms with Crippen molar-refractivity contribution in [2.24, 2.45) is 0 Å². The molecule has 3 rings (SSSR count). The van der Waals surface area contributed by atoms with E-state index in [1.165, 1.54) is 22.2 Å². The number of benzene rings is 1. The number of allylic oxidation sites excluding steroid dienone is 4. The third-order valence-corrected chi connectivity index (χ3v) is 2.65. The van der Waals surface area contributed by atoms with E-state index in [0.29, 0.717) is 0 Å². The summed E-state index contributed by atoms with van der Waals surface area (Å²) in [5.74, 6) is 0. The molecular weight excluding hydrogens is 170 g/mol. The first-order valence-corrected chi connectivity index (χ1v) is 4.87. The Morgan fingerprint density at radius 3 is 2.86 bits per heavy atom. The Hall–Kier alpha value is -1.76. The fourth-order valence-corrected chi connectivity index (χ4v) is 1.89. The van der Waals surface area contributed by atoms with Crippen LogP contribution < -0.4 is 0 Å². The van der Waals surface area contributed by atoms with Crippen molar-refractivity contribution in [1.29, 1.82) is 0 Å². The molecule has 1 nitrogen and oxygen atoms in total. The van der Waals surface area contributed by atoms with E-state index in [4.69, 9.17) is 0 Å². The van der Waals surface area contributed by atoms with Crippen molar-refractivity contribution in [3.63, 3.8) is 0 Å². The molecule has 0 aliphatic heterocycles. The number of H-pyrrole nitrogens is 1. The largest absolute Gasteiger partial charge is 0.355 e. The summed E-state index contributed by atoms with van der Waals surface area (Å²) in [6.45, 7) is 0. The smallest absolute Gasteiger partial charge is 0.0458 e. The lowest BCUT2D eigenvalue weighted by molar-refractivity contribution is 1.33. The summed E-state index contributed by atoms with van der Waals surface area (Å²) in [4.78, 5) is 3.43. The number of hydrogen-bond donors (Lipinski definition) is 1. The van der Waals surface area contributed by atoms with Crippen LogP contribution in [0.3, 0.4) is 0 Å². The fraction of sp³-hybridized carbons (Fsp3) is 0.0769. The molecule has 1 N–H and O–H groups in total. The third-order valence-electron chi connectivity index (χ3n) is 2.65. The molecule has 0 atom stereocenters. The lowest BCUT2D eigenvalue weighted by atomic mass is 10.1. The van der Waals surface area contributed by atoms with Crippen molar-refractivity contribution in [3.05, 3.63) is 54.3 Å². The van der Waals surface area contributed by atoms with Gasteiger partial charge in [0.15, 0.2) is 0 Å². The van der Waals surface area contributed by atoms with Crippen LogP contribution in [0.4, 0.5) is 0 Å². The minimum absolute atomic E-state index is 1.05. The zero-order valence-electron chi connectivity index (χ0n) is 7.83. The molecule has 1 aliphatic rings. The number of hydrogen-bond acceptors (Lipinski definition) is 0. The summed E-state index contributed by atoms with van der Waals surface area (Å²) in [6.07, 6.45) is 7.51. The Morgan fingerprint density at radius 2 is 2.07 bits per heavy atom. The van der Waals surface area contributed by atoms with Gasteiger partial charge in [-0.1, -0.05) is 36.4 Å². The van der Waals surface area contributed by atoms with E-state index >= 15 is 0 Å². The van der Waals surface area contributed by atoms with Gasteiger partial charge in [0.2, 0.25) is 0 Å². The van der Waals surface area contributed by atoms with Gasteiger partial charge in [0.1, 0.15) is 0 Å². The molecule has 0 unspecified atom stereocenters. The van der Waals surface area contributed by atoms with E-state index in [1.807, 2.05) is 0 Å². The lowest BCUT2D eigenvalue weighted by Gasteiger charge is -1.95. The van der Waals surface area contributed by atoms with Gasteiger partial charge < -0.3 is 4.98 Å². The Balaban J connectivity index is 2.15. The molecule has 0 amide bonds. The molecule has 0 spiro atoms. The van der Waals surface area contributed by atoms with Gasteiger partial charge >= 0.3 is 0 Å².